The van der Waals surface area contributed by atoms with Gasteiger partial charge in [0.2, 0.25) is 11.8 Å². The normalized spacial score (nSPS) is 20.6. The first-order valence-corrected chi connectivity index (χ1v) is 10.6. The number of nitrogens with one attached hydrogen (secondary N) is 2. The molecule has 30 heavy (non-hydrogen) atoms. The maximum absolute atomic E-state index is 12.9. The number of nitrogens with zero attached hydrogens (tertiary/aromatic N) is 1. The number of anilines is 2. The van der Waals surface area contributed by atoms with Gasteiger partial charge in [-0.05, 0) is 68.5 Å². The zero-order chi connectivity index (χ0) is 20.2. The van der Waals surface area contributed by atoms with Crippen LogP contribution in [0.4, 0.5) is 11.4 Å². The molecule has 2 amide bonds. The van der Waals surface area contributed by atoms with E-state index in [1.54, 1.807) is 0 Å². The van der Waals surface area contributed by atoms with Crippen LogP contribution in [0.2, 0.25) is 0 Å². The predicted molar refractivity (Wildman–Crippen MR) is 123 cm³/mol. The zero-order valence-electron chi connectivity index (χ0n) is 17.4. The smallest absolute Gasteiger partial charge is 0.231 e. The van der Waals surface area contributed by atoms with Gasteiger partial charge in [0.1, 0.15) is 0 Å². The van der Waals surface area contributed by atoms with E-state index in [1.807, 2.05) is 47.4 Å². The molecular weight excluding hydrogens is 398 g/mol. The average Bonchev–Trinajstić information content (AvgIpc) is 2.74. The Morgan fingerprint density at radius 2 is 1.90 bits per heavy atom. The van der Waals surface area contributed by atoms with Gasteiger partial charge in [-0.1, -0.05) is 30.3 Å². The Kier molecular flexibility index (Phi) is 7.51. The summed E-state index contributed by atoms with van der Waals surface area (Å²) in [6.45, 7) is 3.78. The van der Waals surface area contributed by atoms with Gasteiger partial charge in [-0.25, -0.2) is 0 Å². The number of rotatable bonds is 4. The fourth-order valence-corrected chi connectivity index (χ4v) is 4.38. The molecule has 0 bridgehead atoms. The molecule has 2 N–H and O–H groups in total. The van der Waals surface area contributed by atoms with Crippen molar-refractivity contribution < 1.29 is 9.59 Å². The number of piperidine rings is 1. The van der Waals surface area contributed by atoms with Gasteiger partial charge in [0.25, 0.3) is 0 Å². The summed E-state index contributed by atoms with van der Waals surface area (Å²) >= 11 is 0. The van der Waals surface area contributed by atoms with Crippen LogP contribution < -0.4 is 15.5 Å². The number of halogens is 1. The SMILES string of the molecule is C[C@H]1C[C@@H](C(=O)Nc2ccc(CC(=O)N3CCCc4ccccc43)cc2)CCN1.Cl. The molecular formula is C24H30ClN3O2. The molecule has 0 saturated carbocycles. The Morgan fingerprint density at radius 1 is 1.13 bits per heavy atom. The number of carbonyl (C=O) groups excluding carboxylic acids is 2. The molecule has 2 aromatic rings. The summed E-state index contributed by atoms with van der Waals surface area (Å²) in [5.74, 6) is 0.274. The van der Waals surface area contributed by atoms with E-state index >= 15 is 0 Å². The van der Waals surface area contributed by atoms with Gasteiger partial charge in [-0.2, -0.15) is 0 Å². The topological polar surface area (TPSA) is 61.4 Å². The molecule has 0 aromatic heterocycles. The second kappa shape index (κ2) is 10.1. The third kappa shape index (κ3) is 5.21. The molecule has 2 heterocycles. The van der Waals surface area contributed by atoms with Crippen LogP contribution in [-0.4, -0.2) is 30.9 Å². The van der Waals surface area contributed by atoms with E-state index in [9.17, 15) is 9.59 Å². The first-order chi connectivity index (χ1) is 14.1. The van der Waals surface area contributed by atoms with Crippen molar-refractivity contribution in [3.63, 3.8) is 0 Å². The first-order valence-electron chi connectivity index (χ1n) is 10.6. The molecule has 2 aromatic carbocycles. The molecule has 0 aliphatic carbocycles. The Bertz CT molecular complexity index is 884. The second-order valence-electron chi connectivity index (χ2n) is 8.22. The van der Waals surface area contributed by atoms with Crippen molar-refractivity contribution in [2.45, 2.75) is 45.1 Å². The van der Waals surface area contributed by atoms with Crippen LogP contribution in [0, 0.1) is 5.92 Å². The van der Waals surface area contributed by atoms with Crippen molar-refractivity contribution in [1.29, 1.82) is 0 Å². The van der Waals surface area contributed by atoms with Crippen LogP contribution in [0.1, 0.15) is 37.3 Å². The minimum absolute atomic E-state index is 0. The van der Waals surface area contributed by atoms with Gasteiger partial charge in [-0.15, -0.1) is 12.4 Å². The number of hydrogen-bond donors (Lipinski definition) is 2. The summed E-state index contributed by atoms with van der Waals surface area (Å²) in [4.78, 5) is 27.3. The zero-order valence-corrected chi connectivity index (χ0v) is 18.2. The molecule has 2 aliphatic heterocycles. The van der Waals surface area contributed by atoms with Crippen LogP contribution in [0.3, 0.4) is 0 Å². The highest BCUT2D eigenvalue weighted by atomic mass is 35.5. The van der Waals surface area contributed by atoms with E-state index in [0.717, 1.165) is 55.7 Å². The van der Waals surface area contributed by atoms with E-state index in [-0.39, 0.29) is 30.1 Å². The van der Waals surface area contributed by atoms with Gasteiger partial charge >= 0.3 is 0 Å². The monoisotopic (exact) mass is 427 g/mol. The Morgan fingerprint density at radius 3 is 2.67 bits per heavy atom. The number of aryl methyl sites for hydroxylation is 1. The lowest BCUT2D eigenvalue weighted by Gasteiger charge is -2.29. The summed E-state index contributed by atoms with van der Waals surface area (Å²) in [6, 6.07) is 16.2. The molecule has 4 rings (SSSR count). The minimum atomic E-state index is 0. The van der Waals surface area contributed by atoms with Crippen molar-refractivity contribution in [3.8, 4) is 0 Å². The molecule has 5 nitrogen and oxygen atoms in total. The van der Waals surface area contributed by atoms with Gasteiger partial charge < -0.3 is 15.5 Å². The molecule has 1 saturated heterocycles. The van der Waals surface area contributed by atoms with E-state index in [4.69, 9.17) is 0 Å². The molecule has 6 heteroatoms. The Labute approximate surface area is 184 Å². The largest absolute Gasteiger partial charge is 0.326 e. The third-order valence-corrected chi connectivity index (χ3v) is 5.98. The Hall–Kier alpha value is -2.37. The van der Waals surface area contributed by atoms with E-state index in [2.05, 4.69) is 23.6 Å². The summed E-state index contributed by atoms with van der Waals surface area (Å²) in [7, 11) is 0. The van der Waals surface area contributed by atoms with Gasteiger partial charge in [0.05, 0.1) is 6.42 Å². The lowest BCUT2D eigenvalue weighted by molar-refractivity contribution is -0.121. The maximum Gasteiger partial charge on any atom is 0.231 e. The van der Waals surface area contributed by atoms with Gasteiger partial charge in [0, 0.05) is 29.9 Å². The average molecular weight is 428 g/mol. The number of hydrogen-bond acceptors (Lipinski definition) is 3. The summed E-state index contributed by atoms with van der Waals surface area (Å²) in [6.07, 6.45) is 4.15. The first kappa shape index (κ1) is 22.3. The van der Waals surface area contributed by atoms with Crippen molar-refractivity contribution in [2.75, 3.05) is 23.3 Å². The lowest BCUT2D eigenvalue weighted by Crippen LogP contribution is -2.40. The molecule has 160 valence electrons. The highest BCUT2D eigenvalue weighted by Crippen LogP contribution is 2.27. The molecule has 0 radical (unpaired) electrons. The van der Waals surface area contributed by atoms with Crippen LogP contribution in [0.15, 0.2) is 48.5 Å². The van der Waals surface area contributed by atoms with Gasteiger partial charge in [0.15, 0.2) is 0 Å². The van der Waals surface area contributed by atoms with Crippen LogP contribution in [-0.2, 0) is 22.4 Å². The van der Waals surface area contributed by atoms with Crippen LogP contribution in [0.5, 0.6) is 0 Å². The summed E-state index contributed by atoms with van der Waals surface area (Å²) in [5.41, 5.74) is 4.05. The number of fused-ring (bicyclic) bond motifs is 1. The standard InChI is InChI=1S/C24H29N3O2.ClH/c1-17-15-20(12-13-25-17)24(29)26-21-10-8-18(9-11-21)16-23(28)27-14-4-6-19-5-2-3-7-22(19)27;/h2-3,5,7-11,17,20,25H,4,6,12-16H2,1H3,(H,26,29);1H/t17-,20-;/m0./s1. The molecule has 2 atom stereocenters. The molecule has 2 aliphatic rings. The number of benzene rings is 2. The number of para-hydroxylation sites is 1. The number of carbonyl (C=O) groups is 2. The fraction of sp³-hybridized carbons (Fsp3) is 0.417. The summed E-state index contributed by atoms with van der Waals surface area (Å²) in [5, 5.41) is 6.40. The predicted octanol–water partition coefficient (Wildman–Crippen LogP) is 3.96. The van der Waals surface area contributed by atoms with Crippen molar-refractivity contribution >= 4 is 35.6 Å². The van der Waals surface area contributed by atoms with E-state index in [0.29, 0.717) is 12.5 Å². The highest BCUT2D eigenvalue weighted by Gasteiger charge is 2.25. The van der Waals surface area contributed by atoms with Crippen LogP contribution in [0.25, 0.3) is 0 Å². The highest BCUT2D eigenvalue weighted by molar-refractivity contribution is 5.96. The number of amides is 2. The molecule has 0 unspecified atom stereocenters. The van der Waals surface area contributed by atoms with Crippen molar-refractivity contribution in [3.05, 3.63) is 59.7 Å². The van der Waals surface area contributed by atoms with Gasteiger partial charge in [-0.3, -0.25) is 9.59 Å². The fourth-order valence-electron chi connectivity index (χ4n) is 4.38. The van der Waals surface area contributed by atoms with E-state index in [1.165, 1.54) is 5.56 Å². The van der Waals surface area contributed by atoms with Crippen molar-refractivity contribution in [2.24, 2.45) is 5.92 Å². The minimum Gasteiger partial charge on any atom is -0.326 e. The van der Waals surface area contributed by atoms with E-state index < -0.39 is 0 Å². The molecule has 0 spiro atoms. The van der Waals surface area contributed by atoms with Crippen LogP contribution >= 0.6 is 12.4 Å². The molecule has 1 fully saturated rings. The second-order valence-corrected chi connectivity index (χ2v) is 8.22. The lowest BCUT2D eigenvalue weighted by atomic mass is 9.92. The summed E-state index contributed by atoms with van der Waals surface area (Å²) < 4.78 is 0. The quantitative estimate of drug-likeness (QED) is 0.776. The Balaban J connectivity index is 0.00000256. The third-order valence-electron chi connectivity index (χ3n) is 5.98. The van der Waals surface area contributed by atoms with Crippen molar-refractivity contribution in [1.82, 2.24) is 5.32 Å². The maximum atomic E-state index is 12.9.